The third kappa shape index (κ3) is 1.57. The van der Waals surface area contributed by atoms with Crippen LogP contribution in [0.4, 0.5) is 0 Å². The highest BCUT2D eigenvalue weighted by Gasteiger charge is 2.44. The predicted molar refractivity (Wildman–Crippen MR) is 58.5 cm³/mol. The van der Waals surface area contributed by atoms with Crippen molar-refractivity contribution in [1.82, 2.24) is 0 Å². The largest absolute Gasteiger partial charge is 0.374 e. The highest BCUT2D eigenvalue weighted by atomic mass is 16.5. The topological polar surface area (TPSA) is 9.23 Å². The molecule has 0 saturated heterocycles. The molecule has 0 bridgehead atoms. The maximum absolute atomic E-state index is 5.57. The van der Waals surface area contributed by atoms with E-state index in [9.17, 15) is 0 Å². The van der Waals surface area contributed by atoms with Gasteiger partial charge in [0.1, 0.15) is 0 Å². The molecule has 0 aliphatic heterocycles. The molecular weight excluding hydrogens is 172 g/mol. The Hall–Kier alpha value is -0.820. The Kier molecular flexibility index (Phi) is 2.36. The van der Waals surface area contributed by atoms with Gasteiger partial charge >= 0.3 is 0 Å². The van der Waals surface area contributed by atoms with Crippen LogP contribution in [-0.4, -0.2) is 7.11 Å². The maximum Gasteiger partial charge on any atom is 0.0930 e. The average Bonchev–Trinajstić information content (AvgIpc) is 2.98. The molecule has 1 nitrogen and oxygen atoms in total. The molecule has 0 N–H and O–H groups in total. The van der Waals surface area contributed by atoms with E-state index in [4.69, 9.17) is 4.74 Å². The zero-order valence-corrected chi connectivity index (χ0v) is 9.21. The van der Waals surface area contributed by atoms with Gasteiger partial charge < -0.3 is 4.74 Å². The number of benzene rings is 1. The molecule has 0 unspecified atom stereocenters. The summed E-state index contributed by atoms with van der Waals surface area (Å²) in [6.07, 6.45) is 2.34. The summed E-state index contributed by atoms with van der Waals surface area (Å²) in [5.41, 5.74) is 2.82. The van der Waals surface area contributed by atoms with Crippen molar-refractivity contribution in [1.29, 1.82) is 0 Å². The van der Waals surface area contributed by atoms with E-state index in [-0.39, 0.29) is 5.60 Å². The van der Waals surface area contributed by atoms with Gasteiger partial charge in [-0.1, -0.05) is 38.1 Å². The van der Waals surface area contributed by atoms with Crippen LogP contribution in [-0.2, 0) is 10.3 Å². The molecule has 76 valence electrons. The molecule has 0 heterocycles. The normalized spacial score (nSPS) is 18.6. The molecule has 14 heavy (non-hydrogen) atoms. The van der Waals surface area contributed by atoms with Gasteiger partial charge in [0, 0.05) is 7.11 Å². The minimum Gasteiger partial charge on any atom is -0.374 e. The first-order valence-electron chi connectivity index (χ1n) is 5.33. The number of rotatable bonds is 3. The van der Waals surface area contributed by atoms with E-state index in [1.807, 2.05) is 7.11 Å². The fraction of sp³-hybridized carbons (Fsp3) is 0.538. The van der Waals surface area contributed by atoms with Crippen molar-refractivity contribution >= 4 is 0 Å². The Labute approximate surface area is 86.1 Å². The van der Waals surface area contributed by atoms with Crippen LogP contribution in [0.15, 0.2) is 24.3 Å². The monoisotopic (exact) mass is 190 g/mol. The molecule has 2 rings (SSSR count). The van der Waals surface area contributed by atoms with Gasteiger partial charge in [-0.05, 0) is 29.9 Å². The van der Waals surface area contributed by atoms with Crippen LogP contribution in [0.25, 0.3) is 0 Å². The fourth-order valence-corrected chi connectivity index (χ4v) is 1.91. The Morgan fingerprint density at radius 1 is 1.29 bits per heavy atom. The Morgan fingerprint density at radius 3 is 2.50 bits per heavy atom. The first-order chi connectivity index (χ1) is 6.68. The summed E-state index contributed by atoms with van der Waals surface area (Å²) in [6, 6.07) is 8.81. The number of hydrogen-bond acceptors (Lipinski definition) is 1. The van der Waals surface area contributed by atoms with E-state index in [2.05, 4.69) is 38.1 Å². The van der Waals surface area contributed by atoms with Crippen LogP contribution in [0, 0.1) is 0 Å². The van der Waals surface area contributed by atoms with E-state index in [1.165, 1.54) is 24.0 Å². The molecule has 0 spiro atoms. The van der Waals surface area contributed by atoms with Crippen LogP contribution in [0.5, 0.6) is 0 Å². The first-order valence-corrected chi connectivity index (χ1v) is 5.33. The SMILES string of the molecule is COC1(c2cccc(C(C)C)c2)CC1. The highest BCUT2D eigenvalue weighted by Crippen LogP contribution is 2.48. The molecule has 1 saturated carbocycles. The summed E-state index contributed by atoms with van der Waals surface area (Å²) in [6.45, 7) is 4.46. The van der Waals surface area contributed by atoms with Gasteiger partial charge in [0.2, 0.25) is 0 Å². The fourth-order valence-electron chi connectivity index (χ4n) is 1.91. The molecule has 1 fully saturated rings. The summed E-state index contributed by atoms with van der Waals surface area (Å²) in [4.78, 5) is 0. The third-order valence-electron chi connectivity index (χ3n) is 3.17. The molecule has 1 aromatic carbocycles. The molecule has 1 aromatic rings. The van der Waals surface area contributed by atoms with Gasteiger partial charge in [0.05, 0.1) is 5.60 Å². The average molecular weight is 190 g/mol. The van der Waals surface area contributed by atoms with Gasteiger partial charge in [0.15, 0.2) is 0 Å². The third-order valence-corrected chi connectivity index (χ3v) is 3.17. The number of ether oxygens (including phenoxy) is 1. The molecular formula is C13H18O. The maximum atomic E-state index is 5.57. The van der Waals surface area contributed by atoms with Crippen molar-refractivity contribution in [2.45, 2.75) is 38.2 Å². The standard InChI is InChI=1S/C13H18O/c1-10(2)11-5-4-6-12(9-11)13(14-3)7-8-13/h4-6,9-10H,7-8H2,1-3H3. The van der Waals surface area contributed by atoms with Crippen molar-refractivity contribution in [2.75, 3.05) is 7.11 Å². The van der Waals surface area contributed by atoms with Crippen LogP contribution in [0.3, 0.4) is 0 Å². The lowest BCUT2D eigenvalue weighted by atomic mass is 9.98. The second-order valence-corrected chi connectivity index (χ2v) is 4.48. The number of methoxy groups -OCH3 is 1. The van der Waals surface area contributed by atoms with E-state index in [0.717, 1.165) is 0 Å². The van der Waals surface area contributed by atoms with Crippen molar-refractivity contribution in [3.8, 4) is 0 Å². The van der Waals surface area contributed by atoms with Crippen LogP contribution < -0.4 is 0 Å². The Morgan fingerprint density at radius 2 is 2.00 bits per heavy atom. The molecule has 0 amide bonds. The molecule has 0 radical (unpaired) electrons. The quantitative estimate of drug-likeness (QED) is 0.709. The van der Waals surface area contributed by atoms with Crippen LogP contribution in [0.2, 0.25) is 0 Å². The van der Waals surface area contributed by atoms with Gasteiger partial charge in [-0.3, -0.25) is 0 Å². The summed E-state index contributed by atoms with van der Waals surface area (Å²) in [5, 5.41) is 0. The van der Waals surface area contributed by atoms with E-state index in [1.54, 1.807) is 0 Å². The highest BCUT2D eigenvalue weighted by molar-refractivity contribution is 5.33. The van der Waals surface area contributed by atoms with Crippen molar-refractivity contribution in [3.63, 3.8) is 0 Å². The van der Waals surface area contributed by atoms with Crippen LogP contribution in [0.1, 0.15) is 43.7 Å². The van der Waals surface area contributed by atoms with Crippen molar-refractivity contribution in [3.05, 3.63) is 35.4 Å². The number of hydrogen-bond donors (Lipinski definition) is 0. The summed E-state index contributed by atoms with van der Waals surface area (Å²) < 4.78 is 5.57. The zero-order valence-electron chi connectivity index (χ0n) is 9.21. The Balaban J connectivity index is 2.31. The van der Waals surface area contributed by atoms with Crippen LogP contribution >= 0.6 is 0 Å². The smallest absolute Gasteiger partial charge is 0.0930 e. The minimum absolute atomic E-state index is 0.0604. The summed E-state index contributed by atoms with van der Waals surface area (Å²) in [7, 11) is 1.81. The lowest BCUT2D eigenvalue weighted by molar-refractivity contribution is 0.0788. The van der Waals surface area contributed by atoms with Gasteiger partial charge in [-0.2, -0.15) is 0 Å². The minimum atomic E-state index is 0.0604. The van der Waals surface area contributed by atoms with Gasteiger partial charge in [-0.25, -0.2) is 0 Å². The lowest BCUT2D eigenvalue weighted by Gasteiger charge is -2.15. The van der Waals surface area contributed by atoms with E-state index >= 15 is 0 Å². The van der Waals surface area contributed by atoms with Gasteiger partial charge in [0.25, 0.3) is 0 Å². The molecule has 1 aliphatic rings. The summed E-state index contributed by atoms with van der Waals surface area (Å²) in [5.74, 6) is 0.600. The van der Waals surface area contributed by atoms with E-state index in [0.29, 0.717) is 5.92 Å². The first kappa shape index (κ1) is 9.72. The van der Waals surface area contributed by atoms with Crippen molar-refractivity contribution in [2.24, 2.45) is 0 Å². The summed E-state index contributed by atoms with van der Waals surface area (Å²) >= 11 is 0. The van der Waals surface area contributed by atoms with Gasteiger partial charge in [-0.15, -0.1) is 0 Å². The molecule has 0 aromatic heterocycles. The Bertz CT molecular complexity index is 324. The van der Waals surface area contributed by atoms with Crippen molar-refractivity contribution < 1.29 is 4.74 Å². The van der Waals surface area contributed by atoms with E-state index < -0.39 is 0 Å². The zero-order chi connectivity index (χ0) is 10.2. The second-order valence-electron chi connectivity index (χ2n) is 4.48. The second kappa shape index (κ2) is 3.39. The molecule has 0 atom stereocenters. The lowest BCUT2D eigenvalue weighted by Crippen LogP contribution is -2.09. The predicted octanol–water partition coefficient (Wildman–Crippen LogP) is 3.45. The molecule has 1 aliphatic carbocycles. The molecule has 1 heteroatoms.